The number of aromatic amines is 1. The normalized spacial score (nSPS) is 10.9. The van der Waals surface area contributed by atoms with E-state index in [4.69, 9.17) is 4.74 Å². The molecule has 31 heavy (non-hydrogen) atoms. The van der Waals surface area contributed by atoms with E-state index < -0.39 is 5.97 Å². The van der Waals surface area contributed by atoms with Crippen LogP contribution in [0.25, 0.3) is 16.5 Å². The Morgan fingerprint density at radius 1 is 1.00 bits per heavy atom. The smallest absolute Gasteiger partial charge is 0.312 e. The molecule has 7 heteroatoms. The summed E-state index contributed by atoms with van der Waals surface area (Å²) < 4.78 is 7.21. The molecule has 4 rings (SSSR count). The van der Waals surface area contributed by atoms with E-state index in [9.17, 15) is 14.4 Å². The van der Waals surface area contributed by atoms with E-state index in [0.29, 0.717) is 22.0 Å². The molecule has 0 fully saturated rings. The first kappa shape index (κ1) is 20.3. The van der Waals surface area contributed by atoms with Crippen LogP contribution in [0.1, 0.15) is 27.4 Å². The van der Waals surface area contributed by atoms with Crippen LogP contribution < -0.4 is 5.56 Å². The summed E-state index contributed by atoms with van der Waals surface area (Å²) in [5, 5.41) is 7.39. The van der Waals surface area contributed by atoms with E-state index in [2.05, 4.69) is 10.2 Å². The van der Waals surface area contributed by atoms with Gasteiger partial charge in [-0.25, -0.2) is 5.10 Å². The molecule has 0 aliphatic carbocycles. The van der Waals surface area contributed by atoms with Gasteiger partial charge in [-0.15, -0.1) is 0 Å². The number of hydrogen-bond donors (Lipinski definition) is 1. The van der Waals surface area contributed by atoms with Gasteiger partial charge >= 0.3 is 5.97 Å². The largest absolute Gasteiger partial charge is 0.457 e. The summed E-state index contributed by atoms with van der Waals surface area (Å²) in [5.74, 6) is -0.863. The van der Waals surface area contributed by atoms with Gasteiger partial charge in [0.25, 0.3) is 5.56 Å². The van der Waals surface area contributed by atoms with Crippen molar-refractivity contribution in [1.29, 1.82) is 0 Å². The maximum absolute atomic E-state index is 12.7. The van der Waals surface area contributed by atoms with Crippen LogP contribution in [0.5, 0.6) is 0 Å². The highest BCUT2D eigenvalue weighted by Crippen LogP contribution is 2.21. The zero-order valence-electron chi connectivity index (χ0n) is 17.2. The lowest BCUT2D eigenvalue weighted by atomic mass is 10.1. The van der Waals surface area contributed by atoms with Crippen molar-refractivity contribution in [1.82, 2.24) is 14.8 Å². The standard InChI is InChI=1S/C24H21N3O4/c1-15-12-20(16(2)27(15)17-8-4-3-5-9-17)22(28)14-31-23(29)13-21-18-10-6-7-11-19(18)24(30)26-25-21/h3-12H,13-14H2,1-2H3,(H,26,30). The molecule has 2 aromatic carbocycles. The van der Waals surface area contributed by atoms with E-state index in [1.54, 1.807) is 30.3 Å². The van der Waals surface area contributed by atoms with Crippen LogP contribution in [0.3, 0.4) is 0 Å². The average Bonchev–Trinajstić information content (AvgIpc) is 3.09. The number of Topliss-reactive ketones (excluding diaryl/α,β-unsaturated/α-hetero) is 1. The molecule has 7 nitrogen and oxygen atoms in total. The van der Waals surface area contributed by atoms with Crippen molar-refractivity contribution in [2.75, 3.05) is 6.61 Å². The van der Waals surface area contributed by atoms with Gasteiger partial charge in [0.05, 0.1) is 17.5 Å². The first-order valence-electron chi connectivity index (χ1n) is 9.85. The molecule has 0 radical (unpaired) electrons. The van der Waals surface area contributed by atoms with Gasteiger partial charge in [-0.05, 0) is 38.1 Å². The SMILES string of the molecule is Cc1cc(C(=O)COC(=O)Cc2n[nH]c(=O)c3ccccc23)c(C)n1-c1ccccc1. The molecule has 4 aromatic rings. The molecule has 2 aromatic heterocycles. The minimum atomic E-state index is -0.588. The third kappa shape index (κ3) is 4.02. The number of aromatic nitrogens is 3. The van der Waals surface area contributed by atoms with Crippen LogP contribution in [0.4, 0.5) is 0 Å². The number of fused-ring (bicyclic) bond motifs is 1. The highest BCUT2D eigenvalue weighted by Gasteiger charge is 2.19. The van der Waals surface area contributed by atoms with Crippen LogP contribution in [0.2, 0.25) is 0 Å². The zero-order chi connectivity index (χ0) is 22.0. The van der Waals surface area contributed by atoms with Crippen molar-refractivity contribution >= 4 is 22.5 Å². The maximum Gasteiger partial charge on any atom is 0.312 e. The van der Waals surface area contributed by atoms with Gasteiger partial charge < -0.3 is 9.30 Å². The Hall–Kier alpha value is -4.00. The third-order valence-corrected chi connectivity index (χ3v) is 5.20. The lowest BCUT2D eigenvalue weighted by Gasteiger charge is -2.10. The fourth-order valence-electron chi connectivity index (χ4n) is 3.74. The van der Waals surface area contributed by atoms with E-state index in [-0.39, 0.29) is 24.4 Å². The summed E-state index contributed by atoms with van der Waals surface area (Å²) in [6, 6.07) is 18.4. The predicted octanol–water partition coefficient (Wildman–Crippen LogP) is 3.30. The monoisotopic (exact) mass is 415 g/mol. The minimum Gasteiger partial charge on any atom is -0.457 e. The van der Waals surface area contributed by atoms with Crippen molar-refractivity contribution in [2.24, 2.45) is 0 Å². The number of nitrogens with one attached hydrogen (secondary N) is 1. The molecule has 0 aliphatic heterocycles. The number of rotatable bonds is 6. The predicted molar refractivity (Wildman–Crippen MR) is 117 cm³/mol. The lowest BCUT2D eigenvalue weighted by molar-refractivity contribution is -0.141. The highest BCUT2D eigenvalue weighted by atomic mass is 16.5. The quantitative estimate of drug-likeness (QED) is 0.385. The first-order chi connectivity index (χ1) is 15.0. The molecule has 1 N–H and O–H groups in total. The summed E-state index contributed by atoms with van der Waals surface area (Å²) in [6.45, 7) is 3.43. The number of carbonyl (C=O) groups excluding carboxylic acids is 2. The van der Waals surface area contributed by atoms with Crippen LogP contribution in [0, 0.1) is 13.8 Å². The number of hydrogen-bond acceptors (Lipinski definition) is 5. The number of benzene rings is 2. The number of para-hydroxylation sites is 1. The van der Waals surface area contributed by atoms with Crippen molar-refractivity contribution < 1.29 is 14.3 Å². The summed E-state index contributed by atoms with van der Waals surface area (Å²) >= 11 is 0. The first-order valence-corrected chi connectivity index (χ1v) is 9.85. The Morgan fingerprint density at radius 2 is 1.68 bits per heavy atom. The summed E-state index contributed by atoms with van der Waals surface area (Å²) in [7, 11) is 0. The molecular formula is C24H21N3O4. The van der Waals surface area contributed by atoms with Crippen LogP contribution in [-0.4, -0.2) is 33.1 Å². The highest BCUT2D eigenvalue weighted by molar-refractivity contribution is 5.99. The van der Waals surface area contributed by atoms with Crippen molar-refractivity contribution in [3.8, 4) is 5.69 Å². The molecular weight excluding hydrogens is 394 g/mol. The van der Waals surface area contributed by atoms with Gasteiger partial charge in [-0.2, -0.15) is 5.10 Å². The number of ether oxygens (including phenoxy) is 1. The fourth-order valence-corrected chi connectivity index (χ4v) is 3.74. The third-order valence-electron chi connectivity index (χ3n) is 5.20. The van der Waals surface area contributed by atoms with E-state index >= 15 is 0 Å². The van der Waals surface area contributed by atoms with Crippen molar-refractivity contribution in [2.45, 2.75) is 20.3 Å². The fraction of sp³-hybridized carbons (Fsp3) is 0.167. The van der Waals surface area contributed by atoms with Gasteiger partial charge in [0.15, 0.2) is 6.61 Å². The molecule has 0 saturated heterocycles. The second-order valence-corrected chi connectivity index (χ2v) is 7.26. The lowest BCUT2D eigenvalue weighted by Crippen LogP contribution is -2.18. The van der Waals surface area contributed by atoms with Crippen LogP contribution in [0.15, 0.2) is 65.5 Å². The number of carbonyl (C=O) groups is 2. The molecule has 0 amide bonds. The maximum atomic E-state index is 12.7. The van der Waals surface area contributed by atoms with E-state index in [1.165, 1.54) is 0 Å². The van der Waals surface area contributed by atoms with Gasteiger partial charge in [0.1, 0.15) is 0 Å². The average molecular weight is 415 g/mol. The molecule has 0 saturated carbocycles. The van der Waals surface area contributed by atoms with E-state index in [1.807, 2.05) is 48.7 Å². The molecule has 156 valence electrons. The Morgan fingerprint density at radius 3 is 2.42 bits per heavy atom. The number of aryl methyl sites for hydroxylation is 1. The molecule has 0 spiro atoms. The van der Waals surface area contributed by atoms with Gasteiger partial charge in [0, 0.05) is 28.0 Å². The van der Waals surface area contributed by atoms with Gasteiger partial charge in [-0.1, -0.05) is 36.4 Å². The molecule has 0 bridgehead atoms. The minimum absolute atomic E-state index is 0.145. The molecule has 2 heterocycles. The number of ketones is 1. The Bertz CT molecular complexity index is 1340. The number of nitrogens with zero attached hydrogens (tertiary/aromatic N) is 2. The zero-order valence-corrected chi connectivity index (χ0v) is 17.2. The molecule has 0 atom stereocenters. The summed E-state index contributed by atoms with van der Waals surface area (Å²) in [5.41, 5.74) is 3.26. The van der Waals surface area contributed by atoms with Crippen molar-refractivity contribution in [3.05, 3.63) is 93.7 Å². The van der Waals surface area contributed by atoms with E-state index in [0.717, 1.165) is 17.1 Å². The van der Waals surface area contributed by atoms with Gasteiger partial charge in [0.2, 0.25) is 5.78 Å². The second-order valence-electron chi connectivity index (χ2n) is 7.26. The van der Waals surface area contributed by atoms with Gasteiger partial charge in [-0.3, -0.25) is 14.4 Å². The van der Waals surface area contributed by atoms with Crippen LogP contribution >= 0.6 is 0 Å². The van der Waals surface area contributed by atoms with Crippen LogP contribution in [-0.2, 0) is 16.0 Å². The number of esters is 1. The number of H-pyrrole nitrogens is 1. The molecule has 0 aliphatic rings. The Kier molecular flexibility index (Phi) is 5.49. The second kappa shape index (κ2) is 8.39. The summed E-state index contributed by atoms with van der Waals surface area (Å²) in [6.07, 6.45) is -0.145. The Balaban J connectivity index is 1.47. The van der Waals surface area contributed by atoms with Crippen molar-refractivity contribution in [3.63, 3.8) is 0 Å². The Labute approximate surface area is 178 Å². The summed E-state index contributed by atoms with van der Waals surface area (Å²) in [4.78, 5) is 36.9. The molecule has 0 unspecified atom stereocenters. The topological polar surface area (TPSA) is 94.1 Å².